The Morgan fingerprint density at radius 3 is 2.25 bits per heavy atom. The molecule has 1 atom stereocenters. The number of ether oxygens (including phenoxy) is 2. The van der Waals surface area contributed by atoms with Gasteiger partial charge < -0.3 is 14.8 Å². The van der Waals surface area contributed by atoms with Crippen LogP contribution < -0.4 is 10.1 Å². The smallest absolute Gasteiger partial charge is 0.256 e. The predicted octanol–water partition coefficient (Wildman–Crippen LogP) is 4.87. The van der Waals surface area contributed by atoms with Gasteiger partial charge in [-0.3, -0.25) is 4.79 Å². The van der Waals surface area contributed by atoms with Gasteiger partial charge in [0.25, 0.3) is 5.91 Å². The van der Waals surface area contributed by atoms with E-state index in [-0.39, 0.29) is 5.91 Å². The van der Waals surface area contributed by atoms with Crippen LogP contribution in [-0.2, 0) is 9.53 Å². The molecule has 1 N–H and O–H groups in total. The molecule has 0 spiro atoms. The molecule has 1 amide bonds. The minimum absolute atomic E-state index is 0.0902. The lowest BCUT2D eigenvalue weighted by Crippen LogP contribution is -2.44. The summed E-state index contributed by atoms with van der Waals surface area (Å²) in [5.74, 6) is 1.18. The fraction of sp³-hybridized carbons (Fsp3) is 0.650. The Hall–Kier alpha value is -1.55. The zero-order valence-corrected chi connectivity index (χ0v) is 16.3. The van der Waals surface area contributed by atoms with Gasteiger partial charge in [0, 0.05) is 12.3 Å². The Morgan fingerprint density at radius 2 is 1.79 bits per heavy atom. The summed E-state index contributed by atoms with van der Waals surface area (Å²) in [6, 6.07) is 3.90. The maximum atomic E-state index is 12.8. The molecule has 0 saturated heterocycles. The van der Waals surface area contributed by atoms with Gasteiger partial charge in [-0.1, -0.05) is 20.8 Å². The zero-order chi connectivity index (χ0) is 18.3. The summed E-state index contributed by atoms with van der Waals surface area (Å²) in [6.07, 6.45) is 1.58. The van der Waals surface area contributed by atoms with Crippen molar-refractivity contribution >= 4 is 11.6 Å². The summed E-state index contributed by atoms with van der Waals surface area (Å²) in [4.78, 5) is 12.8. The molecule has 0 aromatic heterocycles. The molecule has 1 unspecified atom stereocenters. The molecular weight excluding hydrogens is 302 g/mol. The lowest BCUT2D eigenvalue weighted by molar-refractivity contribution is -0.141. The van der Waals surface area contributed by atoms with E-state index in [1.165, 1.54) is 0 Å². The molecule has 0 aliphatic carbocycles. The van der Waals surface area contributed by atoms with Crippen LogP contribution in [0.15, 0.2) is 12.1 Å². The van der Waals surface area contributed by atoms with Crippen LogP contribution in [0.2, 0.25) is 0 Å². The maximum absolute atomic E-state index is 12.8. The third-order valence-corrected chi connectivity index (χ3v) is 3.91. The predicted molar refractivity (Wildman–Crippen MR) is 99.8 cm³/mol. The molecule has 0 fully saturated rings. The minimum Gasteiger partial charge on any atom is -0.493 e. The van der Waals surface area contributed by atoms with Gasteiger partial charge in [-0.2, -0.15) is 0 Å². The number of hydrogen-bond acceptors (Lipinski definition) is 3. The molecule has 1 aromatic rings. The van der Waals surface area contributed by atoms with Crippen molar-refractivity contribution in [1.82, 2.24) is 0 Å². The third-order valence-electron chi connectivity index (χ3n) is 3.91. The van der Waals surface area contributed by atoms with Crippen molar-refractivity contribution in [2.75, 3.05) is 18.5 Å². The highest BCUT2D eigenvalue weighted by Crippen LogP contribution is 2.29. The first-order valence-electron chi connectivity index (χ1n) is 8.93. The molecule has 4 nitrogen and oxygen atoms in total. The van der Waals surface area contributed by atoms with Crippen molar-refractivity contribution in [3.63, 3.8) is 0 Å². The number of benzene rings is 1. The second-order valence-electron chi connectivity index (χ2n) is 7.00. The highest BCUT2D eigenvalue weighted by molar-refractivity contribution is 5.97. The average molecular weight is 335 g/mol. The highest BCUT2D eigenvalue weighted by Gasteiger charge is 2.35. The second-order valence-corrected chi connectivity index (χ2v) is 7.00. The lowest BCUT2D eigenvalue weighted by Gasteiger charge is -2.30. The molecule has 0 heterocycles. The molecule has 0 aliphatic heterocycles. The van der Waals surface area contributed by atoms with E-state index in [0.717, 1.165) is 29.0 Å². The van der Waals surface area contributed by atoms with Crippen molar-refractivity contribution in [1.29, 1.82) is 0 Å². The number of hydrogen-bond donors (Lipinski definition) is 1. The summed E-state index contributed by atoms with van der Waals surface area (Å²) >= 11 is 0. The molecule has 1 aromatic carbocycles. The van der Waals surface area contributed by atoms with Crippen LogP contribution in [0.5, 0.6) is 5.75 Å². The Bertz CT molecular complexity index is 531. The fourth-order valence-electron chi connectivity index (χ4n) is 2.98. The largest absolute Gasteiger partial charge is 0.493 e. The van der Waals surface area contributed by atoms with Crippen LogP contribution in [0.4, 0.5) is 5.69 Å². The SMILES string of the molecule is CCCOC(C)(CC(C)C)C(=O)Nc1cc(C)c(OCC)c(C)c1. The molecule has 4 heteroatoms. The van der Waals surface area contributed by atoms with Crippen molar-refractivity contribution in [3.05, 3.63) is 23.3 Å². The maximum Gasteiger partial charge on any atom is 0.256 e. The van der Waals surface area contributed by atoms with E-state index in [9.17, 15) is 4.79 Å². The average Bonchev–Trinajstić information content (AvgIpc) is 2.48. The van der Waals surface area contributed by atoms with E-state index in [4.69, 9.17) is 9.47 Å². The first-order chi connectivity index (χ1) is 11.2. The van der Waals surface area contributed by atoms with Crippen LogP contribution in [0.25, 0.3) is 0 Å². The van der Waals surface area contributed by atoms with Crippen molar-refractivity contribution < 1.29 is 14.3 Å². The number of aryl methyl sites for hydroxylation is 2. The molecule has 0 bridgehead atoms. The zero-order valence-electron chi connectivity index (χ0n) is 16.3. The van der Waals surface area contributed by atoms with E-state index in [0.29, 0.717) is 25.6 Å². The topological polar surface area (TPSA) is 47.6 Å². The quantitative estimate of drug-likeness (QED) is 0.700. The van der Waals surface area contributed by atoms with E-state index >= 15 is 0 Å². The Morgan fingerprint density at radius 1 is 1.21 bits per heavy atom. The monoisotopic (exact) mass is 335 g/mol. The van der Waals surface area contributed by atoms with Crippen LogP contribution in [0.3, 0.4) is 0 Å². The van der Waals surface area contributed by atoms with Crippen molar-refractivity contribution in [2.24, 2.45) is 5.92 Å². The lowest BCUT2D eigenvalue weighted by atomic mass is 9.92. The first-order valence-corrected chi connectivity index (χ1v) is 8.93. The van der Waals surface area contributed by atoms with E-state index < -0.39 is 5.60 Å². The Labute approximate surface area is 146 Å². The summed E-state index contributed by atoms with van der Waals surface area (Å²) in [5, 5.41) is 3.03. The van der Waals surface area contributed by atoms with Gasteiger partial charge in [0.2, 0.25) is 0 Å². The van der Waals surface area contributed by atoms with Gasteiger partial charge in [0.15, 0.2) is 0 Å². The third kappa shape index (κ3) is 5.52. The molecular formula is C20H33NO3. The van der Waals surface area contributed by atoms with Crippen LogP contribution >= 0.6 is 0 Å². The molecule has 0 saturated carbocycles. The standard InChI is InChI=1S/C20H33NO3/c1-8-10-24-20(7,13-14(3)4)19(22)21-17-11-15(5)18(23-9-2)16(6)12-17/h11-12,14H,8-10,13H2,1-7H3,(H,21,22). The summed E-state index contributed by atoms with van der Waals surface area (Å²) in [7, 11) is 0. The van der Waals surface area contributed by atoms with Crippen molar-refractivity contribution in [2.45, 2.75) is 66.9 Å². The van der Waals surface area contributed by atoms with Crippen LogP contribution in [-0.4, -0.2) is 24.7 Å². The van der Waals surface area contributed by atoms with E-state index in [1.54, 1.807) is 0 Å². The van der Waals surface area contributed by atoms with Gasteiger partial charge in [-0.25, -0.2) is 0 Å². The second kappa shape index (κ2) is 9.07. The van der Waals surface area contributed by atoms with Gasteiger partial charge in [-0.05, 0) is 69.7 Å². The number of amides is 1. The van der Waals surface area contributed by atoms with Gasteiger partial charge >= 0.3 is 0 Å². The van der Waals surface area contributed by atoms with Crippen LogP contribution in [0.1, 0.15) is 58.6 Å². The number of carbonyl (C=O) groups is 1. The minimum atomic E-state index is -0.815. The van der Waals surface area contributed by atoms with Crippen LogP contribution in [0, 0.1) is 19.8 Å². The highest BCUT2D eigenvalue weighted by atomic mass is 16.5. The number of rotatable bonds is 9. The first kappa shape index (κ1) is 20.5. The fourth-order valence-corrected chi connectivity index (χ4v) is 2.98. The molecule has 0 radical (unpaired) electrons. The van der Waals surface area contributed by atoms with Gasteiger partial charge in [0.1, 0.15) is 11.4 Å². The normalized spacial score (nSPS) is 13.7. The Balaban J connectivity index is 2.98. The van der Waals surface area contributed by atoms with Crippen molar-refractivity contribution in [3.8, 4) is 5.75 Å². The van der Waals surface area contributed by atoms with E-state index in [2.05, 4.69) is 19.2 Å². The molecule has 24 heavy (non-hydrogen) atoms. The van der Waals surface area contributed by atoms with E-state index in [1.807, 2.05) is 46.8 Å². The summed E-state index contributed by atoms with van der Waals surface area (Å²) in [5.41, 5.74) is 2.01. The van der Waals surface area contributed by atoms with Gasteiger partial charge in [-0.15, -0.1) is 0 Å². The number of carbonyl (C=O) groups excluding carboxylic acids is 1. The summed E-state index contributed by atoms with van der Waals surface area (Å²) in [6.45, 7) is 15.3. The Kier molecular flexibility index (Phi) is 7.74. The molecule has 136 valence electrons. The molecule has 0 aliphatic rings. The number of nitrogens with one attached hydrogen (secondary N) is 1. The van der Waals surface area contributed by atoms with Gasteiger partial charge in [0.05, 0.1) is 6.61 Å². The summed E-state index contributed by atoms with van der Waals surface area (Å²) < 4.78 is 11.6. The molecule has 1 rings (SSSR count). The number of anilines is 1.